The van der Waals surface area contributed by atoms with Crippen LogP contribution in [-0.4, -0.2) is 51.3 Å². The Hall–Kier alpha value is -2.22. The van der Waals surface area contributed by atoms with E-state index in [9.17, 15) is 9.18 Å². The van der Waals surface area contributed by atoms with Crippen molar-refractivity contribution in [1.29, 1.82) is 0 Å². The number of nitrogens with zero attached hydrogens (tertiary/aromatic N) is 5. The maximum atomic E-state index is 13.4. The molecule has 1 saturated heterocycles. The molecular formula is C18H25FN6O. The van der Waals surface area contributed by atoms with E-state index in [1.807, 2.05) is 23.7 Å². The van der Waals surface area contributed by atoms with Crippen molar-refractivity contribution >= 4 is 5.95 Å². The van der Waals surface area contributed by atoms with Crippen LogP contribution in [0, 0.1) is 18.7 Å². The summed E-state index contributed by atoms with van der Waals surface area (Å²) < 4.78 is 15.5. The van der Waals surface area contributed by atoms with E-state index in [4.69, 9.17) is 0 Å². The number of H-pyrrole nitrogens is 1. The third-order valence-corrected chi connectivity index (χ3v) is 5.51. The van der Waals surface area contributed by atoms with Crippen LogP contribution in [0.2, 0.25) is 0 Å². The Kier molecular flexibility index (Phi) is 4.30. The standard InChI is InChI=1S/C18H25FN6O/c1-11-16(19)17(26)21-18(20-11)23(2)7-12-8-25(9-12)10-15-13-5-4-6-14(13)22-24(15)3/h12H,4-10H2,1-3H3,(H,20,21,26). The second-order valence-electron chi connectivity index (χ2n) is 7.58. The summed E-state index contributed by atoms with van der Waals surface area (Å²) in [5, 5.41) is 4.64. The van der Waals surface area contributed by atoms with E-state index in [0.29, 0.717) is 11.9 Å². The number of aryl methyl sites for hydroxylation is 3. The number of aromatic nitrogens is 4. The van der Waals surface area contributed by atoms with Crippen LogP contribution in [0.4, 0.5) is 10.3 Å². The Labute approximate surface area is 151 Å². The maximum absolute atomic E-state index is 13.4. The molecule has 0 amide bonds. The van der Waals surface area contributed by atoms with E-state index in [0.717, 1.165) is 39.0 Å². The molecule has 0 radical (unpaired) electrons. The third kappa shape index (κ3) is 3.02. The first-order valence-corrected chi connectivity index (χ1v) is 9.16. The Morgan fingerprint density at radius 3 is 2.85 bits per heavy atom. The van der Waals surface area contributed by atoms with E-state index in [1.165, 1.54) is 30.3 Å². The van der Waals surface area contributed by atoms with Crippen molar-refractivity contribution < 1.29 is 4.39 Å². The maximum Gasteiger partial charge on any atom is 0.288 e. The van der Waals surface area contributed by atoms with Gasteiger partial charge in [-0.2, -0.15) is 9.49 Å². The van der Waals surface area contributed by atoms with Gasteiger partial charge in [-0.25, -0.2) is 4.98 Å². The molecule has 140 valence electrons. The summed E-state index contributed by atoms with van der Waals surface area (Å²) >= 11 is 0. The summed E-state index contributed by atoms with van der Waals surface area (Å²) in [5.74, 6) is 0.134. The van der Waals surface area contributed by atoms with E-state index < -0.39 is 11.4 Å². The van der Waals surface area contributed by atoms with Crippen molar-refractivity contribution in [1.82, 2.24) is 24.6 Å². The molecule has 3 heterocycles. The first-order chi connectivity index (χ1) is 12.4. The van der Waals surface area contributed by atoms with Gasteiger partial charge >= 0.3 is 0 Å². The average molecular weight is 360 g/mol. The topological polar surface area (TPSA) is 70.1 Å². The number of nitrogens with one attached hydrogen (secondary N) is 1. The highest BCUT2D eigenvalue weighted by molar-refractivity contribution is 5.31. The third-order valence-electron chi connectivity index (χ3n) is 5.51. The largest absolute Gasteiger partial charge is 0.345 e. The minimum Gasteiger partial charge on any atom is -0.345 e. The molecule has 26 heavy (non-hydrogen) atoms. The molecule has 7 nitrogen and oxygen atoms in total. The predicted octanol–water partition coefficient (Wildman–Crippen LogP) is 1.01. The molecule has 0 bridgehead atoms. The molecule has 2 aliphatic rings. The van der Waals surface area contributed by atoms with Crippen LogP contribution in [0.1, 0.15) is 29.1 Å². The van der Waals surface area contributed by atoms with Crippen LogP contribution in [0.5, 0.6) is 0 Å². The molecular weight excluding hydrogens is 335 g/mol. The lowest BCUT2D eigenvalue weighted by atomic mass is 9.99. The van der Waals surface area contributed by atoms with Crippen molar-refractivity contribution in [2.45, 2.75) is 32.7 Å². The first-order valence-electron chi connectivity index (χ1n) is 9.16. The molecule has 0 saturated carbocycles. The van der Waals surface area contributed by atoms with Crippen molar-refractivity contribution in [3.63, 3.8) is 0 Å². The predicted molar refractivity (Wildman–Crippen MR) is 96.8 cm³/mol. The fourth-order valence-electron chi connectivity index (χ4n) is 4.13. The van der Waals surface area contributed by atoms with Gasteiger partial charge < -0.3 is 4.90 Å². The van der Waals surface area contributed by atoms with E-state index in [1.54, 1.807) is 0 Å². The highest BCUT2D eigenvalue weighted by Gasteiger charge is 2.30. The lowest BCUT2D eigenvalue weighted by Gasteiger charge is -2.41. The number of fused-ring (bicyclic) bond motifs is 1. The number of halogens is 1. The summed E-state index contributed by atoms with van der Waals surface area (Å²) in [5.41, 5.74) is 3.51. The molecule has 4 rings (SSSR count). The number of anilines is 1. The van der Waals surface area contributed by atoms with Crippen LogP contribution in [-0.2, 0) is 26.4 Å². The van der Waals surface area contributed by atoms with Crippen LogP contribution in [0.25, 0.3) is 0 Å². The average Bonchev–Trinajstić information content (AvgIpc) is 3.11. The number of aromatic amines is 1. The normalized spacial score (nSPS) is 17.4. The minimum atomic E-state index is -0.805. The second kappa shape index (κ2) is 6.50. The van der Waals surface area contributed by atoms with Gasteiger partial charge in [-0.3, -0.25) is 19.4 Å². The minimum absolute atomic E-state index is 0.135. The molecule has 1 fully saturated rings. The van der Waals surface area contributed by atoms with Gasteiger partial charge in [0.15, 0.2) is 0 Å². The number of hydrogen-bond acceptors (Lipinski definition) is 5. The number of rotatable bonds is 5. The van der Waals surface area contributed by atoms with Gasteiger partial charge in [0.2, 0.25) is 11.8 Å². The molecule has 0 spiro atoms. The smallest absolute Gasteiger partial charge is 0.288 e. The quantitative estimate of drug-likeness (QED) is 0.862. The Bertz CT molecular complexity index is 883. The molecule has 0 aromatic carbocycles. The molecule has 0 unspecified atom stereocenters. The highest BCUT2D eigenvalue weighted by Crippen LogP contribution is 2.27. The second-order valence-corrected chi connectivity index (χ2v) is 7.58. The van der Waals surface area contributed by atoms with Crippen molar-refractivity contribution in [2.75, 3.05) is 31.6 Å². The molecule has 1 aliphatic heterocycles. The van der Waals surface area contributed by atoms with Gasteiger partial charge in [-0.05, 0) is 31.7 Å². The Balaban J connectivity index is 1.34. The summed E-state index contributed by atoms with van der Waals surface area (Å²) in [4.78, 5) is 22.6. The lowest BCUT2D eigenvalue weighted by Crippen LogP contribution is -2.51. The molecule has 1 N–H and O–H groups in total. The van der Waals surface area contributed by atoms with Crippen LogP contribution >= 0.6 is 0 Å². The summed E-state index contributed by atoms with van der Waals surface area (Å²) in [6.07, 6.45) is 3.49. The van der Waals surface area contributed by atoms with Crippen LogP contribution in [0.15, 0.2) is 4.79 Å². The summed E-state index contributed by atoms with van der Waals surface area (Å²) in [6, 6.07) is 0. The molecule has 2 aromatic heterocycles. The van der Waals surface area contributed by atoms with E-state index in [2.05, 4.69) is 20.0 Å². The van der Waals surface area contributed by atoms with Gasteiger partial charge in [0.05, 0.1) is 17.1 Å². The van der Waals surface area contributed by atoms with Gasteiger partial charge in [0.25, 0.3) is 5.56 Å². The molecule has 2 aromatic rings. The van der Waals surface area contributed by atoms with Gasteiger partial charge in [0, 0.05) is 46.2 Å². The highest BCUT2D eigenvalue weighted by atomic mass is 19.1. The zero-order valence-corrected chi connectivity index (χ0v) is 15.5. The zero-order valence-electron chi connectivity index (χ0n) is 15.5. The van der Waals surface area contributed by atoms with Crippen LogP contribution in [0.3, 0.4) is 0 Å². The fraction of sp³-hybridized carbons (Fsp3) is 0.611. The monoisotopic (exact) mass is 360 g/mol. The summed E-state index contributed by atoms with van der Waals surface area (Å²) in [7, 11) is 3.92. The summed E-state index contributed by atoms with van der Waals surface area (Å²) in [6.45, 7) is 5.26. The van der Waals surface area contributed by atoms with Gasteiger partial charge in [-0.15, -0.1) is 0 Å². The first kappa shape index (κ1) is 17.2. The van der Waals surface area contributed by atoms with Gasteiger partial charge in [-0.1, -0.05) is 0 Å². The van der Waals surface area contributed by atoms with Crippen molar-refractivity contribution in [3.8, 4) is 0 Å². The Morgan fingerprint density at radius 1 is 1.35 bits per heavy atom. The molecule has 1 aliphatic carbocycles. The van der Waals surface area contributed by atoms with Crippen molar-refractivity contribution in [3.05, 3.63) is 38.8 Å². The zero-order chi connectivity index (χ0) is 18.4. The number of hydrogen-bond donors (Lipinski definition) is 1. The molecule has 0 atom stereocenters. The van der Waals surface area contributed by atoms with E-state index >= 15 is 0 Å². The van der Waals surface area contributed by atoms with Crippen molar-refractivity contribution in [2.24, 2.45) is 13.0 Å². The number of likely N-dealkylation sites (tertiary alicyclic amines) is 1. The van der Waals surface area contributed by atoms with Crippen LogP contribution < -0.4 is 10.5 Å². The molecule has 8 heteroatoms. The van der Waals surface area contributed by atoms with E-state index in [-0.39, 0.29) is 5.69 Å². The fourth-order valence-corrected chi connectivity index (χ4v) is 4.13. The SMILES string of the molecule is Cc1nc(N(C)CC2CN(Cc3c4c(nn3C)CCC4)C2)[nH]c(=O)c1F. The Morgan fingerprint density at radius 2 is 2.12 bits per heavy atom. The lowest BCUT2D eigenvalue weighted by molar-refractivity contribution is 0.0937. The van der Waals surface area contributed by atoms with Gasteiger partial charge in [0.1, 0.15) is 0 Å².